The van der Waals surface area contributed by atoms with E-state index in [1.165, 1.54) is 5.52 Å². The number of benzene rings is 1. The molecule has 0 aliphatic rings. The molecule has 0 unspecified atom stereocenters. The summed E-state index contributed by atoms with van der Waals surface area (Å²) >= 11 is 0. The lowest BCUT2D eigenvalue weighted by molar-refractivity contribution is 0.318. The number of likely N-dealkylation sites (N-methyl/N-ethyl adjacent to an activating group) is 1. The highest BCUT2D eigenvalue weighted by Gasteiger charge is 2.12. The lowest BCUT2D eigenvalue weighted by Crippen LogP contribution is -2.17. The summed E-state index contributed by atoms with van der Waals surface area (Å²) in [4.78, 5) is 2.16. The molecule has 19 heavy (non-hydrogen) atoms. The molecule has 1 aromatic carbocycles. The Bertz CT molecular complexity index is 584. The van der Waals surface area contributed by atoms with Crippen LogP contribution in [-0.4, -0.2) is 41.0 Å². The molecule has 0 amide bonds. The monoisotopic (exact) mass is 259 g/mol. The predicted octanol–water partition coefficient (Wildman–Crippen LogP) is 2.79. The van der Waals surface area contributed by atoms with Gasteiger partial charge in [-0.2, -0.15) is 0 Å². The van der Waals surface area contributed by atoms with Gasteiger partial charge in [-0.25, -0.2) is 0 Å². The second-order valence-electron chi connectivity index (χ2n) is 4.96. The Labute approximate surface area is 113 Å². The van der Waals surface area contributed by atoms with E-state index in [4.69, 9.17) is 5.21 Å². The highest BCUT2D eigenvalue weighted by atomic mass is 16.4. The minimum atomic E-state index is 0.720. The Morgan fingerprint density at radius 3 is 2.68 bits per heavy atom. The van der Waals surface area contributed by atoms with Crippen molar-refractivity contribution in [2.75, 3.05) is 20.6 Å². The van der Waals surface area contributed by atoms with Crippen molar-refractivity contribution in [3.63, 3.8) is 0 Å². The minimum Gasteiger partial charge on any atom is -0.411 e. The van der Waals surface area contributed by atoms with Crippen LogP contribution in [0.3, 0.4) is 0 Å². The highest BCUT2D eigenvalue weighted by Crippen LogP contribution is 2.23. The lowest BCUT2D eigenvalue weighted by atomic mass is 10.1. The van der Waals surface area contributed by atoms with Gasteiger partial charge in [-0.3, -0.25) is 0 Å². The van der Waals surface area contributed by atoms with E-state index in [2.05, 4.69) is 47.0 Å². The van der Waals surface area contributed by atoms with Gasteiger partial charge in [0.15, 0.2) is 0 Å². The van der Waals surface area contributed by atoms with Crippen molar-refractivity contribution < 1.29 is 5.21 Å². The molecule has 1 aromatic heterocycles. The average molecular weight is 259 g/mol. The fraction of sp³-hybridized carbons (Fsp3) is 0.400. The van der Waals surface area contributed by atoms with E-state index >= 15 is 0 Å². The zero-order chi connectivity index (χ0) is 13.8. The van der Waals surface area contributed by atoms with Gasteiger partial charge in [-0.1, -0.05) is 30.3 Å². The first-order chi connectivity index (χ1) is 9.17. The van der Waals surface area contributed by atoms with Gasteiger partial charge in [0.05, 0.1) is 5.71 Å². The molecule has 0 bridgehead atoms. The van der Waals surface area contributed by atoms with Crippen molar-refractivity contribution in [1.29, 1.82) is 0 Å². The van der Waals surface area contributed by atoms with Crippen molar-refractivity contribution in [2.45, 2.75) is 19.9 Å². The molecule has 2 aromatic rings. The third-order valence-electron chi connectivity index (χ3n) is 3.34. The lowest BCUT2D eigenvalue weighted by Gasteiger charge is -2.10. The third-order valence-corrected chi connectivity index (χ3v) is 3.34. The van der Waals surface area contributed by atoms with Gasteiger partial charge in [0.1, 0.15) is 0 Å². The number of aromatic nitrogens is 1. The van der Waals surface area contributed by atoms with Gasteiger partial charge in [-0.05, 0) is 26.6 Å². The second-order valence-corrected chi connectivity index (χ2v) is 4.96. The molecule has 0 aliphatic carbocycles. The molecule has 0 aliphatic heterocycles. The standard InChI is InChI=1S/C15H21N3O/c1-4-14(16-19)13-11-18(10-9-17(2)3)15-8-6-5-7-12(13)15/h5-8,11,19H,4,9-10H2,1-3H3. The molecule has 0 saturated carbocycles. The van der Waals surface area contributed by atoms with Gasteiger partial charge in [0.2, 0.25) is 0 Å². The molecule has 0 radical (unpaired) electrons. The molecule has 2 rings (SSSR count). The van der Waals surface area contributed by atoms with E-state index < -0.39 is 0 Å². The molecule has 1 heterocycles. The molecule has 4 heteroatoms. The molecule has 0 saturated heterocycles. The summed E-state index contributed by atoms with van der Waals surface area (Å²) in [5.41, 5.74) is 2.95. The molecule has 102 valence electrons. The van der Waals surface area contributed by atoms with E-state index in [0.29, 0.717) is 0 Å². The summed E-state index contributed by atoms with van der Waals surface area (Å²) in [6, 6.07) is 8.25. The Hall–Kier alpha value is -1.81. The van der Waals surface area contributed by atoms with E-state index in [9.17, 15) is 0 Å². The predicted molar refractivity (Wildman–Crippen MR) is 79.1 cm³/mol. The van der Waals surface area contributed by atoms with Crippen LogP contribution in [0.15, 0.2) is 35.6 Å². The number of para-hydroxylation sites is 1. The van der Waals surface area contributed by atoms with E-state index in [1.54, 1.807) is 0 Å². The number of hydrogen-bond acceptors (Lipinski definition) is 3. The van der Waals surface area contributed by atoms with Gasteiger partial charge < -0.3 is 14.7 Å². The fourth-order valence-electron chi connectivity index (χ4n) is 2.28. The quantitative estimate of drug-likeness (QED) is 0.509. The largest absolute Gasteiger partial charge is 0.411 e. The summed E-state index contributed by atoms with van der Waals surface area (Å²) in [7, 11) is 4.14. The van der Waals surface area contributed by atoms with Crippen LogP contribution in [0.5, 0.6) is 0 Å². The summed E-state index contributed by atoms with van der Waals surface area (Å²) in [5, 5.41) is 13.7. The zero-order valence-corrected chi connectivity index (χ0v) is 11.8. The van der Waals surface area contributed by atoms with Crippen LogP contribution in [-0.2, 0) is 6.54 Å². The Balaban J connectivity index is 2.48. The van der Waals surface area contributed by atoms with E-state index in [-0.39, 0.29) is 0 Å². The molecule has 1 N–H and O–H groups in total. The molecular weight excluding hydrogens is 238 g/mol. The summed E-state index contributed by atoms with van der Waals surface area (Å²) in [6.07, 6.45) is 2.81. The van der Waals surface area contributed by atoms with E-state index in [0.717, 1.165) is 36.2 Å². The smallest absolute Gasteiger partial charge is 0.0886 e. The number of hydrogen-bond donors (Lipinski definition) is 1. The van der Waals surface area contributed by atoms with Crippen LogP contribution in [0.1, 0.15) is 18.9 Å². The average Bonchev–Trinajstić information content (AvgIpc) is 2.77. The Morgan fingerprint density at radius 2 is 2.05 bits per heavy atom. The van der Waals surface area contributed by atoms with Crippen LogP contribution < -0.4 is 0 Å². The van der Waals surface area contributed by atoms with Gasteiger partial charge in [-0.15, -0.1) is 0 Å². The van der Waals surface area contributed by atoms with Crippen molar-refractivity contribution in [3.05, 3.63) is 36.0 Å². The van der Waals surface area contributed by atoms with Gasteiger partial charge >= 0.3 is 0 Å². The number of fused-ring (bicyclic) bond motifs is 1. The van der Waals surface area contributed by atoms with Gasteiger partial charge in [0, 0.05) is 35.8 Å². The maximum atomic E-state index is 9.14. The minimum absolute atomic E-state index is 0.720. The van der Waals surface area contributed by atoms with Crippen molar-refractivity contribution >= 4 is 16.6 Å². The first-order valence-electron chi connectivity index (χ1n) is 6.61. The molecule has 0 atom stereocenters. The first kappa shape index (κ1) is 13.6. The second kappa shape index (κ2) is 5.89. The molecule has 4 nitrogen and oxygen atoms in total. The van der Waals surface area contributed by atoms with E-state index in [1.807, 2.05) is 19.1 Å². The van der Waals surface area contributed by atoms with Gasteiger partial charge in [0.25, 0.3) is 0 Å². The van der Waals surface area contributed by atoms with Crippen LogP contribution >= 0.6 is 0 Å². The number of rotatable bonds is 5. The van der Waals surface area contributed by atoms with Crippen LogP contribution in [0.2, 0.25) is 0 Å². The Kier molecular flexibility index (Phi) is 4.22. The van der Waals surface area contributed by atoms with Crippen LogP contribution in [0, 0.1) is 0 Å². The summed E-state index contributed by atoms with van der Waals surface area (Å²) in [6.45, 7) is 3.91. The molecule has 0 fully saturated rings. The molecule has 0 spiro atoms. The summed E-state index contributed by atoms with van der Waals surface area (Å²) in [5.74, 6) is 0. The van der Waals surface area contributed by atoms with Crippen molar-refractivity contribution in [1.82, 2.24) is 9.47 Å². The van der Waals surface area contributed by atoms with Crippen molar-refractivity contribution in [3.8, 4) is 0 Å². The fourth-order valence-corrected chi connectivity index (χ4v) is 2.28. The van der Waals surface area contributed by atoms with Crippen LogP contribution in [0.4, 0.5) is 0 Å². The number of nitrogens with zero attached hydrogens (tertiary/aromatic N) is 3. The van der Waals surface area contributed by atoms with Crippen molar-refractivity contribution in [2.24, 2.45) is 5.16 Å². The Morgan fingerprint density at radius 1 is 1.32 bits per heavy atom. The first-order valence-corrected chi connectivity index (χ1v) is 6.61. The SMILES string of the molecule is CCC(=NO)c1cn(CCN(C)C)c2ccccc12. The maximum absolute atomic E-state index is 9.14. The van der Waals surface area contributed by atoms with Crippen LogP contribution in [0.25, 0.3) is 10.9 Å². The summed E-state index contributed by atoms with van der Waals surface area (Å²) < 4.78 is 2.23. The maximum Gasteiger partial charge on any atom is 0.0886 e. The molecular formula is C15H21N3O. The normalized spacial score (nSPS) is 12.5. The zero-order valence-electron chi connectivity index (χ0n) is 11.8. The highest BCUT2D eigenvalue weighted by molar-refractivity contribution is 6.10. The third kappa shape index (κ3) is 2.79. The topological polar surface area (TPSA) is 40.8 Å². The number of oxime groups is 1.